The molecule has 1 saturated heterocycles. The lowest BCUT2D eigenvalue weighted by Crippen LogP contribution is -2.35. The molecule has 0 radical (unpaired) electrons. The van der Waals surface area contributed by atoms with E-state index in [-0.39, 0.29) is 10.6 Å². The molecule has 1 aromatic heterocycles. The van der Waals surface area contributed by atoms with Crippen molar-refractivity contribution in [2.24, 2.45) is 13.0 Å². The zero-order chi connectivity index (χ0) is 14.7. The van der Waals surface area contributed by atoms with Crippen LogP contribution in [0.25, 0.3) is 0 Å². The Morgan fingerprint density at radius 1 is 1.50 bits per heavy atom. The van der Waals surface area contributed by atoms with Crippen LogP contribution in [0.4, 0.5) is 11.5 Å². The summed E-state index contributed by atoms with van der Waals surface area (Å²) in [4.78, 5) is 13.2. The summed E-state index contributed by atoms with van der Waals surface area (Å²) in [5, 5.41) is 18.7. The van der Waals surface area contributed by atoms with Gasteiger partial charge in [0, 0.05) is 20.1 Å². The van der Waals surface area contributed by atoms with Crippen LogP contribution in [0.3, 0.4) is 0 Å². The number of rotatable bonds is 5. The van der Waals surface area contributed by atoms with Crippen molar-refractivity contribution < 1.29 is 4.92 Å². The molecule has 0 aromatic carbocycles. The van der Waals surface area contributed by atoms with Gasteiger partial charge >= 0.3 is 5.69 Å². The van der Waals surface area contributed by atoms with Gasteiger partial charge in [-0.3, -0.25) is 10.1 Å². The summed E-state index contributed by atoms with van der Waals surface area (Å²) in [6.45, 7) is 4.82. The SMILES string of the molecule is CCc1nn(C)c(NCC2CCCN(C)C2)c1[N+](=O)[O-]. The van der Waals surface area contributed by atoms with E-state index in [0.717, 1.165) is 19.6 Å². The van der Waals surface area contributed by atoms with Crippen LogP contribution in [0.1, 0.15) is 25.5 Å². The van der Waals surface area contributed by atoms with Crippen LogP contribution in [0.2, 0.25) is 0 Å². The first-order valence-corrected chi connectivity index (χ1v) is 7.15. The Hall–Kier alpha value is -1.63. The number of piperidine rings is 1. The standard InChI is InChI=1S/C13H23N5O2/c1-4-11-12(18(19)20)13(17(3)15-11)14-8-10-6-5-7-16(2)9-10/h10,14H,4-9H2,1-3H3. The Labute approximate surface area is 119 Å². The van der Waals surface area contributed by atoms with Crippen molar-refractivity contribution in [3.63, 3.8) is 0 Å². The predicted molar refractivity (Wildman–Crippen MR) is 78.0 cm³/mol. The van der Waals surface area contributed by atoms with E-state index < -0.39 is 0 Å². The van der Waals surface area contributed by atoms with Crippen LogP contribution in [0, 0.1) is 16.0 Å². The van der Waals surface area contributed by atoms with Crippen LogP contribution >= 0.6 is 0 Å². The molecule has 7 nitrogen and oxygen atoms in total. The number of aryl methyl sites for hydroxylation is 2. The Morgan fingerprint density at radius 2 is 2.25 bits per heavy atom. The fourth-order valence-corrected chi connectivity index (χ4v) is 2.88. The Morgan fingerprint density at radius 3 is 2.85 bits per heavy atom. The van der Waals surface area contributed by atoms with Gasteiger partial charge in [0.15, 0.2) is 0 Å². The first-order valence-electron chi connectivity index (χ1n) is 7.15. The molecule has 1 unspecified atom stereocenters. The summed E-state index contributed by atoms with van der Waals surface area (Å²) in [5.74, 6) is 1.06. The third-order valence-electron chi connectivity index (χ3n) is 3.89. The zero-order valence-electron chi connectivity index (χ0n) is 12.4. The molecule has 0 bridgehead atoms. The van der Waals surface area contributed by atoms with Crippen molar-refractivity contribution in [3.8, 4) is 0 Å². The summed E-state index contributed by atoms with van der Waals surface area (Å²) >= 11 is 0. The number of aromatic nitrogens is 2. The highest BCUT2D eigenvalue weighted by Gasteiger charge is 2.26. The lowest BCUT2D eigenvalue weighted by molar-refractivity contribution is -0.384. The lowest BCUT2D eigenvalue weighted by atomic mass is 9.98. The van der Waals surface area contributed by atoms with E-state index in [4.69, 9.17) is 0 Å². The molecule has 0 saturated carbocycles. The van der Waals surface area contributed by atoms with E-state index >= 15 is 0 Å². The van der Waals surface area contributed by atoms with Crippen LogP contribution in [-0.4, -0.2) is 46.3 Å². The van der Waals surface area contributed by atoms with Crippen molar-refractivity contribution in [1.29, 1.82) is 0 Å². The maximum atomic E-state index is 11.2. The van der Waals surface area contributed by atoms with Crippen LogP contribution in [0.15, 0.2) is 0 Å². The number of hydrogen-bond donors (Lipinski definition) is 1. The van der Waals surface area contributed by atoms with Crippen molar-refractivity contribution in [1.82, 2.24) is 14.7 Å². The molecule has 2 rings (SSSR count). The van der Waals surface area contributed by atoms with Gasteiger partial charge in [0.2, 0.25) is 5.82 Å². The van der Waals surface area contributed by atoms with Crippen LogP contribution in [0.5, 0.6) is 0 Å². The molecule has 7 heteroatoms. The molecule has 2 heterocycles. The van der Waals surface area contributed by atoms with Crippen LogP contribution in [-0.2, 0) is 13.5 Å². The van der Waals surface area contributed by atoms with Gasteiger partial charge in [-0.15, -0.1) is 0 Å². The molecule has 1 fully saturated rings. The van der Waals surface area contributed by atoms with Crippen molar-refractivity contribution >= 4 is 11.5 Å². The molecule has 1 N–H and O–H groups in total. The quantitative estimate of drug-likeness (QED) is 0.656. The zero-order valence-corrected chi connectivity index (χ0v) is 12.4. The Kier molecular flexibility index (Phi) is 4.59. The summed E-state index contributed by atoms with van der Waals surface area (Å²) in [6.07, 6.45) is 2.93. The number of nitro groups is 1. The van der Waals surface area contributed by atoms with Crippen molar-refractivity contribution in [2.75, 3.05) is 32.0 Å². The molecule has 0 spiro atoms. The minimum Gasteiger partial charge on any atom is -0.364 e. The summed E-state index contributed by atoms with van der Waals surface area (Å²) in [7, 11) is 3.87. The molecule has 0 aliphatic carbocycles. The molecule has 1 aliphatic rings. The first-order chi connectivity index (χ1) is 9.52. The third kappa shape index (κ3) is 3.09. The molecule has 112 valence electrons. The lowest BCUT2D eigenvalue weighted by Gasteiger charge is -2.29. The second-order valence-corrected chi connectivity index (χ2v) is 5.53. The predicted octanol–water partition coefficient (Wildman–Crippen LogP) is 1.64. The van der Waals surface area contributed by atoms with Gasteiger partial charge in [0.1, 0.15) is 5.69 Å². The second-order valence-electron chi connectivity index (χ2n) is 5.53. The normalized spacial score (nSPS) is 20.1. The van der Waals surface area contributed by atoms with E-state index in [1.54, 1.807) is 11.7 Å². The maximum absolute atomic E-state index is 11.2. The highest BCUT2D eigenvalue weighted by atomic mass is 16.6. The third-order valence-corrected chi connectivity index (χ3v) is 3.89. The van der Waals surface area contributed by atoms with E-state index in [1.807, 2.05) is 6.92 Å². The second kappa shape index (κ2) is 6.21. The highest BCUT2D eigenvalue weighted by Crippen LogP contribution is 2.29. The summed E-state index contributed by atoms with van der Waals surface area (Å²) in [6, 6.07) is 0. The molecule has 0 amide bonds. The Bertz CT molecular complexity index is 485. The number of nitrogens with zero attached hydrogens (tertiary/aromatic N) is 4. The molecule has 1 atom stereocenters. The molecule has 1 aromatic rings. The molecule has 20 heavy (non-hydrogen) atoms. The van der Waals surface area contributed by atoms with Gasteiger partial charge < -0.3 is 10.2 Å². The highest BCUT2D eigenvalue weighted by molar-refractivity contribution is 5.59. The molecular formula is C13H23N5O2. The largest absolute Gasteiger partial charge is 0.364 e. The smallest absolute Gasteiger partial charge is 0.333 e. The molecular weight excluding hydrogens is 258 g/mol. The van der Waals surface area contributed by atoms with E-state index in [1.165, 1.54) is 12.8 Å². The number of likely N-dealkylation sites (tertiary alicyclic amines) is 1. The van der Waals surface area contributed by atoms with Gasteiger partial charge in [-0.1, -0.05) is 6.92 Å². The van der Waals surface area contributed by atoms with E-state index in [9.17, 15) is 10.1 Å². The van der Waals surface area contributed by atoms with Crippen LogP contribution < -0.4 is 5.32 Å². The first kappa shape index (κ1) is 14.8. The minimum atomic E-state index is -0.332. The molecule has 1 aliphatic heterocycles. The van der Waals surface area contributed by atoms with Gasteiger partial charge in [0.25, 0.3) is 0 Å². The van der Waals surface area contributed by atoms with Gasteiger partial charge in [-0.2, -0.15) is 5.10 Å². The van der Waals surface area contributed by atoms with Gasteiger partial charge in [-0.05, 0) is 38.8 Å². The average Bonchev–Trinajstić information content (AvgIpc) is 2.73. The number of hydrogen-bond acceptors (Lipinski definition) is 5. The minimum absolute atomic E-state index is 0.124. The van der Waals surface area contributed by atoms with Gasteiger partial charge in [0.05, 0.1) is 4.92 Å². The number of nitrogens with one attached hydrogen (secondary N) is 1. The Balaban J connectivity index is 2.08. The van der Waals surface area contributed by atoms with Gasteiger partial charge in [-0.25, -0.2) is 4.68 Å². The fraction of sp³-hybridized carbons (Fsp3) is 0.769. The maximum Gasteiger partial charge on any atom is 0.333 e. The average molecular weight is 281 g/mol. The topological polar surface area (TPSA) is 76.2 Å². The summed E-state index contributed by atoms with van der Waals surface area (Å²) in [5.41, 5.74) is 0.667. The van der Waals surface area contributed by atoms with Crippen molar-refractivity contribution in [3.05, 3.63) is 15.8 Å². The van der Waals surface area contributed by atoms with E-state index in [2.05, 4.69) is 22.4 Å². The van der Waals surface area contributed by atoms with Crippen molar-refractivity contribution in [2.45, 2.75) is 26.2 Å². The fourth-order valence-electron chi connectivity index (χ4n) is 2.88. The van der Waals surface area contributed by atoms with E-state index in [0.29, 0.717) is 23.9 Å². The summed E-state index contributed by atoms with van der Waals surface area (Å²) < 4.78 is 1.59. The number of anilines is 1. The monoisotopic (exact) mass is 281 g/mol.